The van der Waals surface area contributed by atoms with Gasteiger partial charge in [0.1, 0.15) is 0 Å². The molecule has 1 N–H and O–H groups in total. The highest BCUT2D eigenvalue weighted by atomic mass is 32.2. The van der Waals surface area contributed by atoms with Gasteiger partial charge >= 0.3 is 0 Å². The Morgan fingerprint density at radius 2 is 1.74 bits per heavy atom. The van der Waals surface area contributed by atoms with Gasteiger partial charge in [-0.05, 0) is 34.9 Å². The summed E-state index contributed by atoms with van der Waals surface area (Å²) < 4.78 is 34.0. The van der Waals surface area contributed by atoms with Crippen LogP contribution in [-0.2, 0) is 21.4 Å². The number of sulfonamides is 1. The molecular weight excluding hydrogens is 428 g/mol. The van der Waals surface area contributed by atoms with Crippen molar-refractivity contribution in [3.8, 4) is 0 Å². The van der Waals surface area contributed by atoms with Gasteiger partial charge in [-0.3, -0.25) is 0 Å². The molecule has 1 heterocycles. The second-order valence-corrected chi connectivity index (χ2v) is 10.5. The second-order valence-electron chi connectivity index (χ2n) is 7.87. The summed E-state index contributed by atoms with van der Waals surface area (Å²) in [5.41, 5.74) is 1.14. The zero-order valence-corrected chi connectivity index (χ0v) is 19.1. The van der Waals surface area contributed by atoms with Gasteiger partial charge in [-0.2, -0.15) is 16.9 Å². The summed E-state index contributed by atoms with van der Waals surface area (Å²) in [5, 5.41) is 5.35. The third-order valence-corrected chi connectivity index (χ3v) is 7.87. The molecule has 0 aliphatic carbocycles. The number of nitrogens with one attached hydrogen (secondary N) is 1. The first kappa shape index (κ1) is 22.3. The molecule has 7 heteroatoms. The molecule has 1 fully saturated rings. The summed E-state index contributed by atoms with van der Waals surface area (Å²) in [6.45, 7) is 2.83. The van der Waals surface area contributed by atoms with Crippen molar-refractivity contribution in [1.29, 1.82) is 0 Å². The largest absolute Gasteiger partial charge is 0.375 e. The highest BCUT2D eigenvalue weighted by Gasteiger charge is 2.38. The Labute approximate surface area is 189 Å². The van der Waals surface area contributed by atoms with Crippen LogP contribution in [0.1, 0.15) is 12.0 Å². The number of benzene rings is 3. The summed E-state index contributed by atoms with van der Waals surface area (Å²) in [6.07, 6.45) is 0.730. The lowest BCUT2D eigenvalue weighted by Crippen LogP contribution is -2.42. The van der Waals surface area contributed by atoms with E-state index < -0.39 is 10.0 Å². The van der Waals surface area contributed by atoms with Gasteiger partial charge < -0.3 is 10.1 Å². The monoisotopic (exact) mass is 456 g/mol. The fourth-order valence-electron chi connectivity index (χ4n) is 3.98. The normalized spacial score (nSPS) is 19.8. The van der Waals surface area contributed by atoms with E-state index in [0.717, 1.165) is 22.8 Å². The number of rotatable bonds is 9. The average Bonchev–Trinajstić information content (AvgIpc) is 3.17. The van der Waals surface area contributed by atoms with E-state index in [4.69, 9.17) is 4.74 Å². The Morgan fingerprint density at radius 1 is 1.00 bits per heavy atom. The minimum absolute atomic E-state index is 0.0383. The first-order valence-electron chi connectivity index (χ1n) is 10.5. The van der Waals surface area contributed by atoms with Crippen LogP contribution >= 0.6 is 12.6 Å². The molecule has 0 radical (unpaired) electrons. The fraction of sp³-hybridized carbons (Fsp3) is 0.333. The van der Waals surface area contributed by atoms with E-state index in [1.807, 2.05) is 60.7 Å². The van der Waals surface area contributed by atoms with Crippen molar-refractivity contribution in [3.05, 3.63) is 78.4 Å². The second kappa shape index (κ2) is 10.1. The Bertz CT molecular complexity index is 1110. The van der Waals surface area contributed by atoms with Crippen LogP contribution in [0.3, 0.4) is 0 Å². The van der Waals surface area contributed by atoms with Crippen molar-refractivity contribution in [3.63, 3.8) is 0 Å². The molecule has 3 aromatic carbocycles. The Balaban J connectivity index is 1.34. The summed E-state index contributed by atoms with van der Waals surface area (Å²) in [4.78, 5) is 0.338. The van der Waals surface area contributed by atoms with Crippen molar-refractivity contribution in [1.82, 2.24) is 9.62 Å². The molecule has 164 valence electrons. The van der Waals surface area contributed by atoms with E-state index in [1.165, 1.54) is 0 Å². The molecule has 0 unspecified atom stereocenters. The van der Waals surface area contributed by atoms with E-state index in [-0.39, 0.29) is 11.3 Å². The summed E-state index contributed by atoms with van der Waals surface area (Å²) >= 11 is 4.57. The van der Waals surface area contributed by atoms with Gasteiger partial charge in [0.15, 0.2) is 0 Å². The van der Waals surface area contributed by atoms with Crippen LogP contribution in [0.2, 0.25) is 0 Å². The summed E-state index contributed by atoms with van der Waals surface area (Å²) in [6, 6.07) is 23.1. The quantitative estimate of drug-likeness (QED) is 0.381. The molecule has 0 aromatic heterocycles. The van der Waals surface area contributed by atoms with Crippen molar-refractivity contribution in [2.24, 2.45) is 0 Å². The van der Waals surface area contributed by atoms with Crippen LogP contribution in [0.15, 0.2) is 77.7 Å². The van der Waals surface area contributed by atoms with Gasteiger partial charge in [0.2, 0.25) is 10.0 Å². The number of thiol groups is 1. The minimum Gasteiger partial charge on any atom is -0.375 e. The van der Waals surface area contributed by atoms with Crippen molar-refractivity contribution < 1.29 is 13.2 Å². The van der Waals surface area contributed by atoms with Crippen molar-refractivity contribution >= 4 is 33.4 Å². The van der Waals surface area contributed by atoms with Gasteiger partial charge in [0, 0.05) is 30.9 Å². The molecule has 0 spiro atoms. The Kier molecular flexibility index (Phi) is 7.30. The van der Waals surface area contributed by atoms with Crippen LogP contribution in [-0.4, -0.2) is 50.3 Å². The predicted octanol–water partition coefficient (Wildman–Crippen LogP) is 3.71. The smallest absolute Gasteiger partial charge is 0.243 e. The van der Waals surface area contributed by atoms with Crippen LogP contribution in [0.5, 0.6) is 0 Å². The number of fused-ring (bicyclic) bond motifs is 1. The third-order valence-electron chi connectivity index (χ3n) is 5.58. The molecule has 0 saturated carbocycles. The average molecular weight is 457 g/mol. The molecule has 4 rings (SSSR count). The standard InChI is InChI=1S/C24H28N2O3S2/c27-31(28,24-11-10-20-8-4-5-9-21(20)14-24)26-17-23(30)15-22(26)16-25-12-13-29-18-19-6-2-1-3-7-19/h1-11,14,22-23,25,30H,12-13,15-18H2/t22-,23+/m0/s1. The molecule has 1 aliphatic heterocycles. The molecule has 31 heavy (non-hydrogen) atoms. The van der Waals surface area contributed by atoms with Crippen LogP contribution in [0.4, 0.5) is 0 Å². The van der Waals surface area contributed by atoms with E-state index in [0.29, 0.717) is 37.7 Å². The third kappa shape index (κ3) is 5.48. The number of ether oxygens (including phenoxy) is 1. The highest BCUT2D eigenvalue weighted by molar-refractivity contribution is 7.89. The van der Waals surface area contributed by atoms with Gasteiger partial charge in [0.25, 0.3) is 0 Å². The highest BCUT2D eigenvalue weighted by Crippen LogP contribution is 2.30. The lowest BCUT2D eigenvalue weighted by Gasteiger charge is -2.24. The van der Waals surface area contributed by atoms with E-state index in [9.17, 15) is 8.42 Å². The molecule has 0 bridgehead atoms. The molecule has 0 amide bonds. The molecular formula is C24H28N2O3S2. The molecule has 3 aromatic rings. The van der Waals surface area contributed by atoms with Crippen LogP contribution < -0.4 is 5.32 Å². The topological polar surface area (TPSA) is 58.6 Å². The van der Waals surface area contributed by atoms with Crippen molar-refractivity contribution in [2.75, 3.05) is 26.2 Å². The molecule has 1 saturated heterocycles. The van der Waals surface area contributed by atoms with Gasteiger partial charge in [-0.1, -0.05) is 60.7 Å². The fourth-order valence-corrected chi connectivity index (χ4v) is 6.23. The van der Waals surface area contributed by atoms with Gasteiger partial charge in [0.05, 0.1) is 18.1 Å². The Morgan fingerprint density at radius 3 is 2.55 bits per heavy atom. The maximum atomic E-state index is 13.4. The lowest BCUT2D eigenvalue weighted by atomic mass is 10.1. The van der Waals surface area contributed by atoms with Crippen molar-refractivity contribution in [2.45, 2.75) is 29.2 Å². The number of hydrogen-bond donors (Lipinski definition) is 2. The van der Waals surface area contributed by atoms with E-state index in [2.05, 4.69) is 17.9 Å². The maximum Gasteiger partial charge on any atom is 0.243 e. The van der Waals surface area contributed by atoms with E-state index in [1.54, 1.807) is 16.4 Å². The van der Waals surface area contributed by atoms with Gasteiger partial charge in [-0.25, -0.2) is 8.42 Å². The summed E-state index contributed by atoms with van der Waals surface area (Å²) in [5.74, 6) is 0. The first-order chi connectivity index (χ1) is 15.0. The number of nitrogens with zero attached hydrogens (tertiary/aromatic N) is 1. The zero-order chi connectivity index (χ0) is 21.7. The van der Waals surface area contributed by atoms with Gasteiger partial charge in [-0.15, -0.1) is 0 Å². The minimum atomic E-state index is -3.58. The Hall–Kier alpha value is -1.90. The molecule has 5 nitrogen and oxygen atoms in total. The SMILES string of the molecule is O=S(=O)(c1ccc2ccccc2c1)N1C[C@H](S)C[C@H]1CNCCOCc1ccccc1. The molecule has 1 aliphatic rings. The number of hydrogen-bond acceptors (Lipinski definition) is 5. The van der Waals surface area contributed by atoms with Crippen LogP contribution in [0.25, 0.3) is 10.8 Å². The predicted molar refractivity (Wildman–Crippen MR) is 128 cm³/mol. The summed E-state index contributed by atoms with van der Waals surface area (Å²) in [7, 11) is -3.58. The van der Waals surface area contributed by atoms with E-state index >= 15 is 0 Å². The van der Waals surface area contributed by atoms with Crippen LogP contribution in [0, 0.1) is 0 Å². The maximum absolute atomic E-state index is 13.4. The zero-order valence-electron chi connectivity index (χ0n) is 17.4. The molecule has 2 atom stereocenters. The first-order valence-corrected chi connectivity index (χ1v) is 12.5. The lowest BCUT2D eigenvalue weighted by molar-refractivity contribution is 0.122.